The summed E-state index contributed by atoms with van der Waals surface area (Å²) in [6.45, 7) is 7.59. The van der Waals surface area contributed by atoms with Crippen LogP contribution in [0.5, 0.6) is 0 Å². The molecule has 0 spiro atoms. The number of rotatable bonds is 11. The number of nitrogens with one attached hydrogen (secondary N) is 1. The molecule has 7 nitrogen and oxygen atoms in total. The highest BCUT2D eigenvalue weighted by Crippen LogP contribution is 2.27. The third-order valence-electron chi connectivity index (χ3n) is 6.10. The van der Waals surface area contributed by atoms with Crippen LogP contribution in [-0.2, 0) is 26.2 Å². The number of nitrogens with zero attached hydrogens (tertiary/aromatic N) is 2. The zero-order valence-electron chi connectivity index (χ0n) is 22.4. The lowest BCUT2D eigenvalue weighted by Gasteiger charge is -2.32. The molecule has 0 bridgehead atoms. The molecule has 39 heavy (non-hydrogen) atoms. The maximum atomic E-state index is 13.9. The van der Waals surface area contributed by atoms with Gasteiger partial charge in [0.05, 0.1) is 10.6 Å². The van der Waals surface area contributed by atoms with Crippen LogP contribution in [0.3, 0.4) is 0 Å². The van der Waals surface area contributed by atoms with Gasteiger partial charge in [0.2, 0.25) is 11.8 Å². The van der Waals surface area contributed by atoms with Crippen LogP contribution in [0.15, 0.2) is 77.7 Å². The maximum Gasteiger partial charge on any atom is 0.264 e. The van der Waals surface area contributed by atoms with Gasteiger partial charge in [-0.2, -0.15) is 0 Å². The number of halogens is 2. The van der Waals surface area contributed by atoms with E-state index in [2.05, 4.69) is 5.32 Å². The van der Waals surface area contributed by atoms with Crippen LogP contribution in [0.2, 0.25) is 10.0 Å². The Morgan fingerprint density at radius 3 is 2.13 bits per heavy atom. The van der Waals surface area contributed by atoms with E-state index in [9.17, 15) is 18.0 Å². The first-order chi connectivity index (χ1) is 18.4. The Labute approximate surface area is 240 Å². The summed E-state index contributed by atoms with van der Waals surface area (Å²) in [5.74, 6) is -0.635. The van der Waals surface area contributed by atoms with Crippen LogP contribution < -0.4 is 9.62 Å². The number of carbonyl (C=O) groups excluding carboxylic acids is 2. The molecular weight excluding hydrogens is 557 g/mol. The van der Waals surface area contributed by atoms with Crippen LogP contribution >= 0.6 is 23.2 Å². The molecule has 0 heterocycles. The Kier molecular flexibility index (Phi) is 10.4. The second-order valence-corrected chi connectivity index (χ2v) is 12.5. The van der Waals surface area contributed by atoms with Crippen LogP contribution in [0.4, 0.5) is 5.69 Å². The predicted octanol–water partition coefficient (Wildman–Crippen LogP) is 5.69. The molecule has 3 aromatic rings. The van der Waals surface area contributed by atoms with Crippen molar-refractivity contribution < 1.29 is 18.0 Å². The average Bonchev–Trinajstić information content (AvgIpc) is 2.89. The minimum atomic E-state index is -4.19. The van der Waals surface area contributed by atoms with Crippen molar-refractivity contribution in [2.75, 3.05) is 17.4 Å². The molecule has 0 aliphatic heterocycles. The molecule has 0 radical (unpaired) electrons. The third-order valence-corrected chi connectivity index (χ3v) is 8.38. The minimum absolute atomic E-state index is 0.0347. The second-order valence-electron chi connectivity index (χ2n) is 9.77. The monoisotopic (exact) mass is 589 g/mol. The molecule has 3 aromatic carbocycles. The van der Waals surface area contributed by atoms with Crippen LogP contribution in [0, 0.1) is 12.8 Å². The first-order valence-corrected chi connectivity index (χ1v) is 14.7. The van der Waals surface area contributed by atoms with Crippen molar-refractivity contribution in [2.24, 2.45) is 5.92 Å². The van der Waals surface area contributed by atoms with Gasteiger partial charge in [0.1, 0.15) is 12.6 Å². The van der Waals surface area contributed by atoms with Crippen molar-refractivity contribution in [1.82, 2.24) is 10.2 Å². The van der Waals surface area contributed by atoms with Crippen molar-refractivity contribution in [3.05, 3.63) is 94.0 Å². The number of aryl methyl sites for hydroxylation is 1. The molecule has 1 N–H and O–H groups in total. The highest BCUT2D eigenvalue weighted by molar-refractivity contribution is 7.92. The van der Waals surface area contributed by atoms with Crippen LogP contribution in [-0.4, -0.2) is 44.3 Å². The summed E-state index contributed by atoms with van der Waals surface area (Å²) in [6, 6.07) is 18.7. The molecule has 1 atom stereocenters. The number of hydrogen-bond acceptors (Lipinski definition) is 4. The molecule has 0 aliphatic carbocycles. The lowest BCUT2D eigenvalue weighted by Crippen LogP contribution is -2.51. The van der Waals surface area contributed by atoms with Gasteiger partial charge in [-0.1, -0.05) is 72.9 Å². The largest absolute Gasteiger partial charge is 0.354 e. The van der Waals surface area contributed by atoms with E-state index in [1.165, 1.54) is 35.2 Å². The SMILES string of the molecule is Cc1ccc(CN(C(=O)CN(c2cccc(Cl)c2)S(=O)(=O)c2ccc(Cl)cc2)C(C)C(=O)NCC(C)C)cc1. The Bertz CT molecular complexity index is 1390. The number of hydrogen-bond donors (Lipinski definition) is 1. The normalized spacial score (nSPS) is 12.2. The third kappa shape index (κ3) is 8.21. The maximum absolute atomic E-state index is 13.9. The van der Waals surface area contributed by atoms with Gasteiger partial charge in [-0.25, -0.2) is 8.42 Å². The molecule has 0 aromatic heterocycles. The fourth-order valence-electron chi connectivity index (χ4n) is 3.82. The summed E-state index contributed by atoms with van der Waals surface area (Å²) < 4.78 is 28.6. The summed E-state index contributed by atoms with van der Waals surface area (Å²) in [6.07, 6.45) is 0. The zero-order valence-corrected chi connectivity index (χ0v) is 24.7. The fraction of sp³-hybridized carbons (Fsp3) is 0.310. The van der Waals surface area contributed by atoms with Gasteiger partial charge >= 0.3 is 0 Å². The van der Waals surface area contributed by atoms with E-state index in [1.54, 1.807) is 25.1 Å². The summed E-state index contributed by atoms with van der Waals surface area (Å²) in [7, 11) is -4.19. The smallest absolute Gasteiger partial charge is 0.264 e. The summed E-state index contributed by atoms with van der Waals surface area (Å²) in [5.41, 5.74) is 2.09. The Hall–Kier alpha value is -3.07. The number of anilines is 1. The van der Waals surface area contributed by atoms with Gasteiger partial charge < -0.3 is 10.2 Å². The van der Waals surface area contributed by atoms with Crippen molar-refractivity contribution in [3.63, 3.8) is 0 Å². The number of amides is 2. The van der Waals surface area contributed by atoms with Gasteiger partial charge in [-0.15, -0.1) is 0 Å². The Morgan fingerprint density at radius 1 is 0.897 bits per heavy atom. The Morgan fingerprint density at radius 2 is 1.54 bits per heavy atom. The van der Waals surface area contributed by atoms with E-state index in [1.807, 2.05) is 45.0 Å². The van der Waals surface area contributed by atoms with Crippen molar-refractivity contribution >= 4 is 50.7 Å². The van der Waals surface area contributed by atoms with Gasteiger partial charge in [0.15, 0.2) is 0 Å². The lowest BCUT2D eigenvalue weighted by atomic mass is 10.1. The lowest BCUT2D eigenvalue weighted by molar-refractivity contribution is -0.139. The quantitative estimate of drug-likeness (QED) is 0.311. The van der Waals surface area contributed by atoms with Crippen LogP contribution in [0.1, 0.15) is 31.9 Å². The van der Waals surface area contributed by atoms with Crippen molar-refractivity contribution in [3.8, 4) is 0 Å². The molecule has 0 fully saturated rings. The van der Waals surface area contributed by atoms with E-state index in [-0.39, 0.29) is 29.0 Å². The molecule has 0 saturated carbocycles. The predicted molar refractivity (Wildman–Crippen MR) is 156 cm³/mol. The molecule has 0 aliphatic rings. The van der Waals surface area contributed by atoms with Gasteiger partial charge in [-0.3, -0.25) is 13.9 Å². The number of sulfonamides is 1. The van der Waals surface area contributed by atoms with Crippen LogP contribution in [0.25, 0.3) is 0 Å². The highest BCUT2D eigenvalue weighted by Gasteiger charge is 2.32. The topological polar surface area (TPSA) is 86.8 Å². The molecule has 2 amide bonds. The van der Waals surface area contributed by atoms with E-state index in [0.29, 0.717) is 16.6 Å². The Balaban J connectivity index is 2.01. The van der Waals surface area contributed by atoms with Crippen molar-refractivity contribution in [1.29, 1.82) is 0 Å². The molecular formula is C29H33Cl2N3O4S. The molecule has 208 valence electrons. The zero-order chi connectivity index (χ0) is 28.7. The first-order valence-electron chi connectivity index (χ1n) is 12.5. The van der Waals surface area contributed by atoms with Crippen molar-refractivity contribution in [2.45, 2.75) is 45.2 Å². The first kappa shape index (κ1) is 30.5. The van der Waals surface area contributed by atoms with Gasteiger partial charge in [0.25, 0.3) is 10.0 Å². The number of carbonyl (C=O) groups is 2. The number of benzene rings is 3. The molecule has 3 rings (SSSR count). The van der Waals surface area contributed by atoms with Gasteiger partial charge in [-0.05, 0) is 67.8 Å². The molecule has 1 unspecified atom stereocenters. The summed E-state index contributed by atoms with van der Waals surface area (Å²) in [4.78, 5) is 28.3. The minimum Gasteiger partial charge on any atom is -0.354 e. The molecule has 10 heteroatoms. The van der Waals surface area contributed by atoms with E-state index >= 15 is 0 Å². The average molecular weight is 591 g/mol. The highest BCUT2D eigenvalue weighted by atomic mass is 35.5. The van der Waals surface area contributed by atoms with E-state index < -0.39 is 28.5 Å². The molecule has 0 saturated heterocycles. The van der Waals surface area contributed by atoms with E-state index in [0.717, 1.165) is 15.4 Å². The van der Waals surface area contributed by atoms with Gasteiger partial charge in [0, 0.05) is 23.1 Å². The summed E-state index contributed by atoms with van der Waals surface area (Å²) >= 11 is 12.2. The standard InChI is InChI=1S/C29H33Cl2N3O4S/c1-20(2)17-32-29(36)22(4)33(18-23-10-8-21(3)9-11-23)28(35)19-34(26-7-5-6-25(31)16-26)39(37,38)27-14-12-24(30)13-15-27/h5-16,20,22H,17-19H2,1-4H3,(H,32,36). The fourth-order valence-corrected chi connectivity index (χ4v) is 5.54. The van der Waals surface area contributed by atoms with E-state index in [4.69, 9.17) is 23.2 Å². The summed E-state index contributed by atoms with van der Waals surface area (Å²) in [5, 5.41) is 3.56. The second kappa shape index (κ2) is 13.3.